The highest BCUT2D eigenvalue weighted by Crippen LogP contribution is 2.29. The molecule has 2 rings (SSSR count). The normalized spacial score (nSPS) is 22.1. The van der Waals surface area contributed by atoms with Crippen molar-refractivity contribution >= 4 is 11.7 Å². The predicted octanol–water partition coefficient (Wildman–Crippen LogP) is 1.89. The monoisotopic (exact) mass is 297 g/mol. The summed E-state index contributed by atoms with van der Waals surface area (Å²) in [4.78, 5) is 10.8. The summed E-state index contributed by atoms with van der Waals surface area (Å²) in [5.41, 5.74) is -1.26. The Balaban J connectivity index is 2.37. The van der Waals surface area contributed by atoms with Crippen molar-refractivity contribution in [1.29, 1.82) is 0 Å². The molecule has 0 radical (unpaired) electrons. The summed E-state index contributed by atoms with van der Waals surface area (Å²) in [6, 6.07) is -1.10. The molecule has 1 heterocycles. The number of ether oxygens (including phenoxy) is 1. The number of benzene rings is 1. The lowest BCUT2D eigenvalue weighted by Crippen LogP contribution is -2.34. The van der Waals surface area contributed by atoms with E-state index >= 15 is 0 Å². The molecule has 1 aliphatic rings. The summed E-state index contributed by atoms with van der Waals surface area (Å²) in [6.07, 6.45) is 0. The number of nitrogens with one attached hydrogen (secondary N) is 1. The Morgan fingerprint density at radius 3 is 2.00 bits per heavy atom. The van der Waals surface area contributed by atoms with E-state index in [1.807, 2.05) is 5.32 Å². The molecule has 1 fully saturated rings. The minimum atomic E-state index is -2.27. The Labute approximate surface area is 109 Å². The van der Waals surface area contributed by atoms with E-state index in [4.69, 9.17) is 9.84 Å². The third-order valence-electron chi connectivity index (χ3n) is 2.94. The third kappa shape index (κ3) is 2.28. The number of anilines is 1. The molecule has 0 aromatic heterocycles. The first-order valence-electron chi connectivity index (χ1n) is 5.43. The van der Waals surface area contributed by atoms with Gasteiger partial charge in [0.15, 0.2) is 23.3 Å². The lowest BCUT2D eigenvalue weighted by Gasteiger charge is -2.18. The second kappa shape index (κ2) is 5.23. The van der Waals surface area contributed by atoms with Gasteiger partial charge < -0.3 is 15.2 Å². The highest BCUT2D eigenvalue weighted by atomic mass is 19.2. The molecule has 2 N–H and O–H groups in total. The molecule has 2 atom stereocenters. The van der Waals surface area contributed by atoms with Gasteiger partial charge in [0.2, 0.25) is 5.82 Å². The van der Waals surface area contributed by atoms with E-state index in [1.165, 1.54) is 0 Å². The molecule has 0 bridgehead atoms. The molecule has 1 saturated heterocycles. The van der Waals surface area contributed by atoms with Crippen molar-refractivity contribution in [2.75, 3.05) is 18.5 Å². The second-order valence-electron chi connectivity index (χ2n) is 4.18. The lowest BCUT2D eigenvalue weighted by atomic mass is 10.0. The molecule has 4 nitrogen and oxygen atoms in total. The first-order chi connectivity index (χ1) is 9.34. The molecular weight excluding hydrogens is 289 g/mol. The Morgan fingerprint density at radius 1 is 1.00 bits per heavy atom. The minimum Gasteiger partial charge on any atom is -0.481 e. The van der Waals surface area contributed by atoms with Gasteiger partial charge in [-0.15, -0.1) is 0 Å². The molecule has 1 aromatic rings. The largest absolute Gasteiger partial charge is 0.481 e. The van der Waals surface area contributed by atoms with Crippen LogP contribution in [0.15, 0.2) is 0 Å². The maximum atomic E-state index is 13.4. The molecule has 110 valence electrons. The zero-order valence-electron chi connectivity index (χ0n) is 9.72. The number of halogens is 5. The number of carbonyl (C=O) groups is 1. The Morgan fingerprint density at radius 2 is 1.50 bits per heavy atom. The van der Waals surface area contributed by atoms with E-state index in [9.17, 15) is 26.7 Å². The maximum absolute atomic E-state index is 13.4. The van der Waals surface area contributed by atoms with Gasteiger partial charge in [-0.05, 0) is 0 Å². The Bertz CT molecular complexity index is 536. The SMILES string of the molecule is O=C(O)C1COCC1Nc1c(F)c(F)c(F)c(F)c1F. The molecule has 1 aromatic carbocycles. The minimum absolute atomic E-state index is 0.220. The van der Waals surface area contributed by atoms with E-state index in [0.29, 0.717) is 0 Å². The average molecular weight is 297 g/mol. The van der Waals surface area contributed by atoms with Gasteiger partial charge in [-0.1, -0.05) is 0 Å². The fraction of sp³-hybridized carbons (Fsp3) is 0.364. The van der Waals surface area contributed by atoms with E-state index in [2.05, 4.69) is 0 Å². The Hall–Kier alpha value is -1.90. The standard InChI is InChI=1S/C11H8F5NO3/c12-5-6(13)8(15)10(9(16)7(5)14)17-4-2-20-1-3(4)11(18)19/h3-4,17H,1-2H2,(H,18,19). The van der Waals surface area contributed by atoms with Crippen molar-refractivity contribution in [3.8, 4) is 0 Å². The summed E-state index contributed by atoms with van der Waals surface area (Å²) < 4.78 is 70.5. The van der Waals surface area contributed by atoms with E-state index < -0.39 is 52.7 Å². The van der Waals surface area contributed by atoms with Gasteiger partial charge in [0.05, 0.1) is 19.3 Å². The number of hydrogen-bond donors (Lipinski definition) is 2. The molecule has 0 spiro atoms. The van der Waals surface area contributed by atoms with Crippen LogP contribution < -0.4 is 5.32 Å². The smallest absolute Gasteiger partial charge is 0.311 e. The van der Waals surface area contributed by atoms with Gasteiger partial charge >= 0.3 is 5.97 Å². The molecule has 9 heteroatoms. The first-order valence-corrected chi connectivity index (χ1v) is 5.43. The van der Waals surface area contributed by atoms with Gasteiger partial charge in [-0.25, -0.2) is 22.0 Å². The van der Waals surface area contributed by atoms with Crippen molar-refractivity contribution in [1.82, 2.24) is 0 Å². The zero-order valence-corrected chi connectivity index (χ0v) is 9.72. The molecule has 0 aliphatic carbocycles. The molecule has 20 heavy (non-hydrogen) atoms. The fourth-order valence-electron chi connectivity index (χ4n) is 1.86. The third-order valence-corrected chi connectivity index (χ3v) is 2.94. The van der Waals surface area contributed by atoms with E-state index in [-0.39, 0.29) is 13.2 Å². The quantitative estimate of drug-likeness (QED) is 0.508. The number of hydrogen-bond acceptors (Lipinski definition) is 3. The van der Waals surface area contributed by atoms with Crippen LogP contribution in [-0.2, 0) is 9.53 Å². The van der Waals surface area contributed by atoms with Gasteiger partial charge in [-0.2, -0.15) is 0 Å². The van der Waals surface area contributed by atoms with Crippen LogP contribution in [-0.4, -0.2) is 30.3 Å². The number of carboxylic acids is 1. The van der Waals surface area contributed by atoms with Gasteiger partial charge in [0.1, 0.15) is 11.6 Å². The number of aliphatic carboxylic acids is 1. The molecule has 2 unspecified atom stereocenters. The van der Waals surface area contributed by atoms with Gasteiger partial charge in [0, 0.05) is 0 Å². The van der Waals surface area contributed by atoms with Crippen molar-refractivity contribution in [3.63, 3.8) is 0 Å². The van der Waals surface area contributed by atoms with Crippen molar-refractivity contribution < 1.29 is 36.6 Å². The van der Waals surface area contributed by atoms with Crippen molar-refractivity contribution in [2.24, 2.45) is 5.92 Å². The summed E-state index contributed by atoms with van der Waals surface area (Å²) >= 11 is 0. The zero-order chi connectivity index (χ0) is 15.0. The van der Waals surface area contributed by atoms with E-state index in [1.54, 1.807) is 0 Å². The maximum Gasteiger partial charge on any atom is 0.311 e. The van der Waals surface area contributed by atoms with Crippen molar-refractivity contribution in [2.45, 2.75) is 6.04 Å². The summed E-state index contributed by atoms with van der Waals surface area (Å²) in [5.74, 6) is -13.0. The van der Waals surface area contributed by atoms with E-state index in [0.717, 1.165) is 0 Å². The summed E-state index contributed by atoms with van der Waals surface area (Å²) in [5, 5.41) is 10.9. The lowest BCUT2D eigenvalue weighted by molar-refractivity contribution is -0.141. The molecule has 0 amide bonds. The van der Waals surface area contributed by atoms with Crippen LogP contribution in [0.25, 0.3) is 0 Å². The number of carboxylic acid groups (broad SMARTS) is 1. The van der Waals surface area contributed by atoms with Crippen LogP contribution in [0.2, 0.25) is 0 Å². The molecule has 0 saturated carbocycles. The molecular formula is C11H8F5NO3. The topological polar surface area (TPSA) is 58.6 Å². The molecule has 1 aliphatic heterocycles. The summed E-state index contributed by atoms with van der Waals surface area (Å²) in [6.45, 7) is -0.446. The van der Waals surface area contributed by atoms with Crippen LogP contribution in [0.1, 0.15) is 0 Å². The summed E-state index contributed by atoms with van der Waals surface area (Å²) in [7, 11) is 0. The highest BCUT2D eigenvalue weighted by molar-refractivity contribution is 5.72. The van der Waals surface area contributed by atoms with Crippen LogP contribution in [0, 0.1) is 35.0 Å². The predicted molar refractivity (Wildman–Crippen MR) is 55.6 cm³/mol. The van der Waals surface area contributed by atoms with Crippen molar-refractivity contribution in [3.05, 3.63) is 29.1 Å². The fourth-order valence-corrected chi connectivity index (χ4v) is 1.86. The number of rotatable bonds is 3. The van der Waals surface area contributed by atoms with Crippen LogP contribution in [0.4, 0.5) is 27.6 Å². The van der Waals surface area contributed by atoms with Gasteiger partial charge in [-0.3, -0.25) is 4.79 Å². The average Bonchev–Trinajstić information content (AvgIpc) is 2.87. The second-order valence-corrected chi connectivity index (χ2v) is 4.18. The van der Waals surface area contributed by atoms with Crippen LogP contribution in [0.5, 0.6) is 0 Å². The first kappa shape index (κ1) is 14.5. The highest BCUT2D eigenvalue weighted by Gasteiger charge is 2.36. The van der Waals surface area contributed by atoms with Gasteiger partial charge in [0.25, 0.3) is 0 Å². The Kier molecular flexibility index (Phi) is 3.80. The van der Waals surface area contributed by atoms with Crippen LogP contribution >= 0.6 is 0 Å². The van der Waals surface area contributed by atoms with Crippen LogP contribution in [0.3, 0.4) is 0 Å².